The zero-order valence-electron chi connectivity index (χ0n) is 10.4. The van der Waals surface area contributed by atoms with E-state index in [0.29, 0.717) is 6.04 Å². The lowest BCUT2D eigenvalue weighted by Gasteiger charge is -2.29. The fourth-order valence-electron chi connectivity index (χ4n) is 2.00. The summed E-state index contributed by atoms with van der Waals surface area (Å²) >= 11 is 0. The van der Waals surface area contributed by atoms with Gasteiger partial charge in [-0.2, -0.15) is 5.26 Å². The minimum Gasteiger partial charge on any atom is -0.335 e. The summed E-state index contributed by atoms with van der Waals surface area (Å²) in [5, 5.41) is 12.5. The number of rotatable bonds is 5. The molecule has 0 saturated carbocycles. The van der Waals surface area contributed by atoms with E-state index in [0.717, 1.165) is 6.42 Å². The molecule has 0 aliphatic carbocycles. The van der Waals surface area contributed by atoms with E-state index in [1.54, 1.807) is 12.5 Å². The molecule has 1 aromatic heterocycles. The van der Waals surface area contributed by atoms with Crippen molar-refractivity contribution in [1.29, 1.82) is 5.26 Å². The molecule has 4 nitrogen and oxygen atoms in total. The molecule has 0 saturated heterocycles. The van der Waals surface area contributed by atoms with Crippen molar-refractivity contribution >= 4 is 0 Å². The third kappa shape index (κ3) is 3.35. The molecule has 4 heteroatoms. The smallest absolute Gasteiger partial charge is 0.106 e. The molecule has 1 heterocycles. The quantitative estimate of drug-likeness (QED) is 0.827. The van der Waals surface area contributed by atoms with E-state index in [-0.39, 0.29) is 6.04 Å². The van der Waals surface area contributed by atoms with E-state index in [2.05, 4.69) is 37.1 Å². The molecule has 0 fully saturated rings. The Morgan fingerprint density at radius 1 is 1.50 bits per heavy atom. The zero-order chi connectivity index (χ0) is 12.2. The Balaban J connectivity index is 2.67. The SMILES string of the molecule is CC(C)NC(C)(C#N)CC(C)n1ccnc1. The first-order valence-electron chi connectivity index (χ1n) is 5.63. The van der Waals surface area contributed by atoms with E-state index < -0.39 is 5.54 Å². The van der Waals surface area contributed by atoms with Crippen LogP contribution in [0.3, 0.4) is 0 Å². The predicted octanol–water partition coefficient (Wildman–Crippen LogP) is 2.11. The molecule has 1 aromatic rings. The summed E-state index contributed by atoms with van der Waals surface area (Å²) < 4.78 is 2.03. The molecular formula is C12H20N4. The third-order valence-electron chi connectivity index (χ3n) is 2.59. The highest BCUT2D eigenvalue weighted by Gasteiger charge is 2.27. The van der Waals surface area contributed by atoms with Crippen LogP contribution in [-0.4, -0.2) is 21.1 Å². The standard InChI is InChI=1S/C12H20N4/c1-10(2)15-12(4,8-13)7-11(3)16-6-5-14-9-16/h5-6,9-11,15H,7H2,1-4H3. The second-order valence-corrected chi connectivity index (χ2v) is 4.81. The fourth-order valence-corrected chi connectivity index (χ4v) is 2.00. The van der Waals surface area contributed by atoms with Crippen molar-refractivity contribution < 1.29 is 0 Å². The van der Waals surface area contributed by atoms with Crippen LogP contribution in [0.5, 0.6) is 0 Å². The first-order chi connectivity index (χ1) is 7.47. The zero-order valence-corrected chi connectivity index (χ0v) is 10.4. The molecule has 0 aliphatic heterocycles. The lowest BCUT2D eigenvalue weighted by Crippen LogP contribution is -2.46. The lowest BCUT2D eigenvalue weighted by molar-refractivity contribution is 0.326. The second-order valence-electron chi connectivity index (χ2n) is 4.81. The van der Waals surface area contributed by atoms with Gasteiger partial charge in [0, 0.05) is 24.5 Å². The first kappa shape index (κ1) is 12.7. The van der Waals surface area contributed by atoms with Gasteiger partial charge in [-0.25, -0.2) is 4.98 Å². The summed E-state index contributed by atoms with van der Waals surface area (Å²) in [5.41, 5.74) is -0.488. The molecule has 1 rings (SSSR count). The van der Waals surface area contributed by atoms with E-state index >= 15 is 0 Å². The Labute approximate surface area is 97.3 Å². The van der Waals surface area contributed by atoms with E-state index in [1.165, 1.54) is 0 Å². The van der Waals surface area contributed by atoms with Crippen LogP contribution >= 0.6 is 0 Å². The maximum absolute atomic E-state index is 9.24. The normalized spacial score (nSPS) is 16.8. The number of aromatic nitrogens is 2. The van der Waals surface area contributed by atoms with Crippen molar-refractivity contribution in [2.45, 2.75) is 51.7 Å². The predicted molar refractivity (Wildman–Crippen MR) is 63.8 cm³/mol. The number of hydrogen-bond donors (Lipinski definition) is 1. The Morgan fingerprint density at radius 2 is 2.19 bits per heavy atom. The molecular weight excluding hydrogens is 200 g/mol. The summed E-state index contributed by atoms with van der Waals surface area (Å²) in [7, 11) is 0. The number of hydrogen-bond acceptors (Lipinski definition) is 3. The topological polar surface area (TPSA) is 53.6 Å². The van der Waals surface area contributed by atoms with Gasteiger partial charge < -0.3 is 4.57 Å². The highest BCUT2D eigenvalue weighted by molar-refractivity contribution is 5.06. The lowest BCUT2D eigenvalue weighted by atomic mass is 9.94. The van der Waals surface area contributed by atoms with Crippen LogP contribution in [0.2, 0.25) is 0 Å². The summed E-state index contributed by atoms with van der Waals surface area (Å²) in [5.74, 6) is 0. The van der Waals surface area contributed by atoms with Crippen LogP contribution in [-0.2, 0) is 0 Å². The van der Waals surface area contributed by atoms with Gasteiger partial charge in [-0.05, 0) is 34.1 Å². The van der Waals surface area contributed by atoms with Gasteiger partial charge in [0.25, 0.3) is 0 Å². The van der Waals surface area contributed by atoms with E-state index in [1.807, 2.05) is 17.7 Å². The van der Waals surface area contributed by atoms with Crippen LogP contribution in [0.1, 0.15) is 40.2 Å². The molecule has 0 aromatic carbocycles. The molecule has 0 aliphatic rings. The molecule has 0 spiro atoms. The number of nitrogens with zero attached hydrogens (tertiary/aromatic N) is 3. The fraction of sp³-hybridized carbons (Fsp3) is 0.667. The average Bonchev–Trinajstić information content (AvgIpc) is 2.69. The maximum Gasteiger partial charge on any atom is 0.106 e. The van der Waals surface area contributed by atoms with Crippen molar-refractivity contribution in [3.05, 3.63) is 18.7 Å². The number of imidazole rings is 1. The summed E-state index contributed by atoms with van der Waals surface area (Å²) in [4.78, 5) is 4.02. The number of nitrogens with one attached hydrogen (secondary N) is 1. The number of nitriles is 1. The summed E-state index contributed by atoms with van der Waals surface area (Å²) in [6.07, 6.45) is 6.24. The van der Waals surface area contributed by atoms with Crippen molar-refractivity contribution in [3.63, 3.8) is 0 Å². The maximum atomic E-state index is 9.24. The summed E-state index contributed by atoms with van der Waals surface area (Å²) in [6, 6.07) is 2.93. The third-order valence-corrected chi connectivity index (χ3v) is 2.59. The molecule has 2 unspecified atom stereocenters. The van der Waals surface area contributed by atoms with Gasteiger partial charge in [-0.3, -0.25) is 5.32 Å². The van der Waals surface area contributed by atoms with E-state index in [9.17, 15) is 5.26 Å². The molecule has 0 bridgehead atoms. The van der Waals surface area contributed by atoms with Crippen molar-refractivity contribution in [2.75, 3.05) is 0 Å². The van der Waals surface area contributed by atoms with Gasteiger partial charge in [0.05, 0.1) is 12.4 Å². The monoisotopic (exact) mass is 220 g/mol. The average molecular weight is 220 g/mol. The van der Waals surface area contributed by atoms with Crippen LogP contribution in [0.25, 0.3) is 0 Å². The van der Waals surface area contributed by atoms with Gasteiger partial charge in [0.2, 0.25) is 0 Å². The van der Waals surface area contributed by atoms with Crippen LogP contribution in [0, 0.1) is 11.3 Å². The molecule has 0 amide bonds. The van der Waals surface area contributed by atoms with Crippen molar-refractivity contribution in [2.24, 2.45) is 0 Å². The molecule has 0 radical (unpaired) electrons. The Morgan fingerprint density at radius 3 is 2.62 bits per heavy atom. The highest BCUT2D eigenvalue weighted by Crippen LogP contribution is 2.20. The van der Waals surface area contributed by atoms with Gasteiger partial charge >= 0.3 is 0 Å². The molecule has 88 valence electrons. The van der Waals surface area contributed by atoms with Gasteiger partial charge in [0.1, 0.15) is 5.54 Å². The van der Waals surface area contributed by atoms with Gasteiger partial charge in [-0.1, -0.05) is 0 Å². The van der Waals surface area contributed by atoms with Crippen molar-refractivity contribution in [1.82, 2.24) is 14.9 Å². The first-order valence-corrected chi connectivity index (χ1v) is 5.63. The van der Waals surface area contributed by atoms with E-state index in [4.69, 9.17) is 0 Å². The summed E-state index contributed by atoms with van der Waals surface area (Å²) in [6.45, 7) is 8.15. The van der Waals surface area contributed by atoms with Crippen molar-refractivity contribution in [3.8, 4) is 6.07 Å². The van der Waals surface area contributed by atoms with Crippen LogP contribution in [0.4, 0.5) is 0 Å². The minimum atomic E-state index is -0.488. The largest absolute Gasteiger partial charge is 0.335 e. The Kier molecular flexibility index (Phi) is 4.08. The molecule has 16 heavy (non-hydrogen) atoms. The molecule has 1 N–H and O–H groups in total. The Hall–Kier alpha value is -1.34. The van der Waals surface area contributed by atoms with Crippen LogP contribution in [0.15, 0.2) is 18.7 Å². The van der Waals surface area contributed by atoms with Gasteiger partial charge in [-0.15, -0.1) is 0 Å². The minimum absolute atomic E-state index is 0.262. The van der Waals surface area contributed by atoms with Gasteiger partial charge in [0.15, 0.2) is 0 Å². The Bertz CT molecular complexity index is 350. The molecule has 2 atom stereocenters. The second kappa shape index (κ2) is 5.13. The highest BCUT2D eigenvalue weighted by atomic mass is 15.1. The van der Waals surface area contributed by atoms with Crippen LogP contribution < -0.4 is 5.32 Å².